The average molecular weight is 212 g/mol. The van der Waals surface area contributed by atoms with E-state index in [4.69, 9.17) is 0 Å². The van der Waals surface area contributed by atoms with Crippen LogP contribution in [0, 0.1) is 5.92 Å². The van der Waals surface area contributed by atoms with Gasteiger partial charge in [0.1, 0.15) is 0 Å². The Morgan fingerprint density at radius 1 is 1.40 bits per heavy atom. The van der Waals surface area contributed by atoms with Crippen molar-refractivity contribution in [2.24, 2.45) is 10.9 Å². The van der Waals surface area contributed by atoms with Crippen molar-refractivity contribution in [2.45, 2.75) is 19.8 Å². The van der Waals surface area contributed by atoms with E-state index in [2.05, 4.69) is 34.5 Å². The molecule has 0 atom stereocenters. The van der Waals surface area contributed by atoms with Crippen LogP contribution >= 0.6 is 0 Å². The molecule has 0 aromatic heterocycles. The summed E-state index contributed by atoms with van der Waals surface area (Å²) in [4.78, 5) is 6.47. The van der Waals surface area contributed by atoms with Crippen LogP contribution in [0.4, 0.5) is 0 Å². The Morgan fingerprint density at radius 3 is 2.67 bits per heavy atom. The lowest BCUT2D eigenvalue weighted by Crippen LogP contribution is -2.41. The highest BCUT2D eigenvalue weighted by Gasteiger charge is 2.20. The van der Waals surface area contributed by atoms with E-state index >= 15 is 0 Å². The summed E-state index contributed by atoms with van der Waals surface area (Å²) in [5.41, 5.74) is 0. The van der Waals surface area contributed by atoms with E-state index in [9.17, 15) is 0 Å². The maximum absolute atomic E-state index is 4.19. The summed E-state index contributed by atoms with van der Waals surface area (Å²) in [6, 6.07) is 0. The Labute approximate surface area is 93.1 Å². The molecular formula is C11H24N4. The molecule has 0 aromatic carbocycles. The summed E-state index contributed by atoms with van der Waals surface area (Å²) in [5.74, 6) is 1.83. The van der Waals surface area contributed by atoms with Crippen molar-refractivity contribution in [3.63, 3.8) is 0 Å². The van der Waals surface area contributed by atoms with Crippen molar-refractivity contribution in [3.8, 4) is 0 Å². The Morgan fingerprint density at radius 2 is 2.13 bits per heavy atom. The van der Waals surface area contributed by atoms with Gasteiger partial charge in [-0.3, -0.25) is 4.99 Å². The Bertz CT molecular complexity index is 199. The predicted octanol–water partition coefficient (Wildman–Crippen LogP) is 0.513. The number of hydrogen-bond donors (Lipinski definition) is 2. The lowest BCUT2D eigenvalue weighted by Gasteiger charge is -2.16. The lowest BCUT2D eigenvalue weighted by molar-refractivity contribution is 0.357. The largest absolute Gasteiger partial charge is 0.356 e. The molecule has 4 heteroatoms. The molecular weight excluding hydrogens is 188 g/mol. The summed E-state index contributed by atoms with van der Waals surface area (Å²) >= 11 is 0. The second-order valence-electron chi connectivity index (χ2n) is 4.22. The second kappa shape index (κ2) is 6.67. The van der Waals surface area contributed by atoms with Crippen LogP contribution in [0.15, 0.2) is 4.99 Å². The standard InChI is InChI=1S/C11H24N4/c1-4-15(3)8-7-13-11(12-2)14-9-10-5-6-10/h10H,4-9H2,1-3H3,(H2,12,13,14). The van der Waals surface area contributed by atoms with Crippen molar-refractivity contribution in [1.29, 1.82) is 0 Å². The molecule has 1 aliphatic rings. The van der Waals surface area contributed by atoms with Crippen molar-refractivity contribution < 1.29 is 0 Å². The van der Waals surface area contributed by atoms with Gasteiger partial charge in [-0.25, -0.2) is 0 Å². The predicted molar refractivity (Wildman–Crippen MR) is 65.3 cm³/mol. The molecule has 0 radical (unpaired) electrons. The number of nitrogens with one attached hydrogen (secondary N) is 2. The zero-order valence-corrected chi connectivity index (χ0v) is 10.2. The SMILES string of the molecule is CCN(C)CCNC(=NC)NCC1CC1. The minimum Gasteiger partial charge on any atom is -0.356 e. The summed E-state index contributed by atoms with van der Waals surface area (Å²) in [7, 11) is 3.95. The first-order chi connectivity index (χ1) is 7.26. The maximum atomic E-state index is 4.19. The highest BCUT2D eigenvalue weighted by molar-refractivity contribution is 5.79. The van der Waals surface area contributed by atoms with Gasteiger partial charge in [-0.1, -0.05) is 6.92 Å². The van der Waals surface area contributed by atoms with Crippen LogP contribution in [-0.2, 0) is 0 Å². The molecule has 0 aliphatic heterocycles. The number of likely N-dealkylation sites (N-methyl/N-ethyl adjacent to an activating group) is 1. The minimum absolute atomic E-state index is 0.891. The molecule has 15 heavy (non-hydrogen) atoms. The quantitative estimate of drug-likeness (QED) is 0.498. The average Bonchev–Trinajstić information content (AvgIpc) is 3.06. The van der Waals surface area contributed by atoms with Crippen LogP contribution in [0.1, 0.15) is 19.8 Å². The molecule has 0 amide bonds. The summed E-state index contributed by atoms with van der Waals surface area (Å²) < 4.78 is 0. The molecule has 0 heterocycles. The van der Waals surface area contributed by atoms with Gasteiger partial charge in [-0.2, -0.15) is 0 Å². The van der Waals surface area contributed by atoms with Gasteiger partial charge in [-0.05, 0) is 32.4 Å². The third-order valence-electron chi connectivity index (χ3n) is 2.80. The summed E-state index contributed by atoms with van der Waals surface area (Å²) in [5, 5.41) is 6.66. The van der Waals surface area contributed by atoms with E-state index in [0.29, 0.717) is 0 Å². The van der Waals surface area contributed by atoms with E-state index in [1.807, 2.05) is 7.05 Å². The van der Waals surface area contributed by atoms with Gasteiger partial charge in [0, 0.05) is 26.7 Å². The smallest absolute Gasteiger partial charge is 0.191 e. The minimum atomic E-state index is 0.891. The molecule has 0 bridgehead atoms. The summed E-state index contributed by atoms with van der Waals surface area (Å²) in [6.07, 6.45) is 2.76. The first kappa shape index (κ1) is 12.3. The van der Waals surface area contributed by atoms with Crippen LogP contribution in [0.2, 0.25) is 0 Å². The molecule has 0 aromatic rings. The molecule has 0 spiro atoms. The fourth-order valence-corrected chi connectivity index (χ4v) is 1.31. The zero-order valence-electron chi connectivity index (χ0n) is 10.2. The lowest BCUT2D eigenvalue weighted by atomic mass is 10.4. The number of nitrogens with zero attached hydrogens (tertiary/aromatic N) is 2. The highest BCUT2D eigenvalue weighted by Crippen LogP contribution is 2.27. The Kier molecular flexibility index (Phi) is 5.47. The maximum Gasteiger partial charge on any atom is 0.191 e. The van der Waals surface area contributed by atoms with Gasteiger partial charge in [-0.15, -0.1) is 0 Å². The van der Waals surface area contributed by atoms with Crippen LogP contribution in [-0.4, -0.2) is 51.1 Å². The van der Waals surface area contributed by atoms with E-state index in [1.165, 1.54) is 12.8 Å². The van der Waals surface area contributed by atoms with Crippen molar-refractivity contribution in [2.75, 3.05) is 40.3 Å². The van der Waals surface area contributed by atoms with Crippen molar-refractivity contribution in [1.82, 2.24) is 15.5 Å². The Hall–Kier alpha value is -0.770. The van der Waals surface area contributed by atoms with Gasteiger partial charge in [0.2, 0.25) is 0 Å². The molecule has 88 valence electrons. The first-order valence-corrected chi connectivity index (χ1v) is 5.89. The number of guanidine groups is 1. The molecule has 1 rings (SSSR count). The van der Waals surface area contributed by atoms with E-state index < -0.39 is 0 Å². The van der Waals surface area contributed by atoms with Crippen LogP contribution in [0.25, 0.3) is 0 Å². The summed E-state index contributed by atoms with van der Waals surface area (Å²) in [6.45, 7) is 6.34. The molecule has 4 nitrogen and oxygen atoms in total. The molecule has 2 N–H and O–H groups in total. The van der Waals surface area contributed by atoms with Crippen LogP contribution in [0.3, 0.4) is 0 Å². The van der Waals surface area contributed by atoms with Gasteiger partial charge < -0.3 is 15.5 Å². The third kappa shape index (κ3) is 5.62. The highest BCUT2D eigenvalue weighted by atomic mass is 15.2. The van der Waals surface area contributed by atoms with Crippen molar-refractivity contribution in [3.05, 3.63) is 0 Å². The second-order valence-corrected chi connectivity index (χ2v) is 4.22. The number of hydrogen-bond acceptors (Lipinski definition) is 2. The fourth-order valence-electron chi connectivity index (χ4n) is 1.31. The molecule has 0 saturated heterocycles. The van der Waals surface area contributed by atoms with Gasteiger partial charge >= 0.3 is 0 Å². The monoisotopic (exact) mass is 212 g/mol. The molecule has 0 unspecified atom stereocenters. The molecule has 1 saturated carbocycles. The normalized spacial score (nSPS) is 16.9. The van der Waals surface area contributed by atoms with Crippen LogP contribution < -0.4 is 10.6 Å². The van der Waals surface area contributed by atoms with Gasteiger partial charge in [0.05, 0.1) is 0 Å². The van der Waals surface area contributed by atoms with Gasteiger partial charge in [0.25, 0.3) is 0 Å². The van der Waals surface area contributed by atoms with Gasteiger partial charge in [0.15, 0.2) is 5.96 Å². The molecule has 1 fully saturated rings. The first-order valence-electron chi connectivity index (χ1n) is 5.89. The zero-order chi connectivity index (χ0) is 11.1. The van der Waals surface area contributed by atoms with Crippen molar-refractivity contribution >= 4 is 5.96 Å². The molecule has 1 aliphatic carbocycles. The van der Waals surface area contributed by atoms with E-state index in [1.54, 1.807) is 0 Å². The number of aliphatic imine (C=N–C) groups is 1. The van der Waals surface area contributed by atoms with E-state index in [0.717, 1.165) is 38.1 Å². The topological polar surface area (TPSA) is 39.7 Å². The third-order valence-corrected chi connectivity index (χ3v) is 2.80. The van der Waals surface area contributed by atoms with Crippen LogP contribution in [0.5, 0.6) is 0 Å². The number of rotatable bonds is 6. The Balaban J connectivity index is 2.05. The fraction of sp³-hybridized carbons (Fsp3) is 0.909. The van der Waals surface area contributed by atoms with E-state index in [-0.39, 0.29) is 0 Å².